The van der Waals surface area contributed by atoms with Crippen LogP contribution in [-0.4, -0.2) is 48.2 Å². The zero-order valence-electron chi connectivity index (χ0n) is 18.9. The van der Waals surface area contributed by atoms with Crippen LogP contribution < -0.4 is 10.9 Å². The van der Waals surface area contributed by atoms with Crippen molar-refractivity contribution in [2.45, 2.75) is 46.3 Å². The van der Waals surface area contributed by atoms with Crippen molar-refractivity contribution in [3.8, 4) is 0 Å². The van der Waals surface area contributed by atoms with Crippen LogP contribution >= 0.6 is 0 Å². The molecule has 1 fully saturated rings. The predicted molar refractivity (Wildman–Crippen MR) is 126 cm³/mol. The van der Waals surface area contributed by atoms with E-state index in [-0.39, 0.29) is 5.56 Å². The lowest BCUT2D eigenvalue weighted by Crippen LogP contribution is -2.40. The summed E-state index contributed by atoms with van der Waals surface area (Å²) in [4.78, 5) is 19.2. The molecular weight excluding hydrogens is 388 g/mol. The van der Waals surface area contributed by atoms with E-state index < -0.39 is 0 Å². The Hall–Kier alpha value is -2.60. The maximum Gasteiger partial charge on any atom is 0.250 e. The Bertz CT molecular complexity index is 879. The number of aryl methyl sites for hydroxylation is 1. The van der Waals surface area contributed by atoms with Gasteiger partial charge in [-0.2, -0.15) is 0 Å². The highest BCUT2D eigenvalue weighted by atomic mass is 16.5. The van der Waals surface area contributed by atoms with E-state index in [0.29, 0.717) is 12.5 Å². The van der Waals surface area contributed by atoms with Crippen molar-refractivity contribution in [3.63, 3.8) is 0 Å². The summed E-state index contributed by atoms with van der Waals surface area (Å²) in [5, 5.41) is 3.43. The lowest BCUT2D eigenvalue weighted by Gasteiger charge is -2.21. The molecule has 2 heterocycles. The second-order valence-corrected chi connectivity index (χ2v) is 8.20. The Morgan fingerprint density at radius 3 is 2.77 bits per heavy atom. The summed E-state index contributed by atoms with van der Waals surface area (Å²) in [7, 11) is 0. The van der Waals surface area contributed by atoms with Crippen molar-refractivity contribution >= 4 is 5.96 Å². The molecule has 1 aromatic carbocycles. The largest absolute Gasteiger partial charge is 0.376 e. The van der Waals surface area contributed by atoms with Gasteiger partial charge >= 0.3 is 0 Å². The molecule has 1 N–H and O–H groups in total. The number of ether oxygens (including phenoxy) is 1. The normalized spacial score (nSPS) is 16.6. The predicted octanol–water partition coefficient (Wildman–Crippen LogP) is 3.44. The number of aromatic nitrogens is 1. The van der Waals surface area contributed by atoms with Crippen molar-refractivity contribution in [2.75, 3.05) is 32.8 Å². The summed E-state index contributed by atoms with van der Waals surface area (Å²) in [6.45, 7) is 9.95. The first-order chi connectivity index (χ1) is 15.2. The van der Waals surface area contributed by atoms with Gasteiger partial charge in [0.15, 0.2) is 5.96 Å². The molecule has 0 amide bonds. The van der Waals surface area contributed by atoms with Crippen LogP contribution in [0.15, 0.2) is 58.3 Å². The molecule has 2 aromatic rings. The molecule has 168 valence electrons. The molecule has 6 nitrogen and oxygen atoms in total. The number of guanidine groups is 1. The van der Waals surface area contributed by atoms with Gasteiger partial charge in [-0.15, -0.1) is 0 Å². The number of hydrogen-bond donors (Lipinski definition) is 1. The first kappa shape index (κ1) is 23.1. The van der Waals surface area contributed by atoms with Crippen LogP contribution in [0.5, 0.6) is 0 Å². The summed E-state index contributed by atoms with van der Waals surface area (Å²) in [5.74, 6) is 1.54. The number of likely N-dealkylation sites (tertiary alicyclic amines) is 1. The Morgan fingerprint density at radius 2 is 2.00 bits per heavy atom. The highest BCUT2D eigenvalue weighted by Crippen LogP contribution is 2.17. The van der Waals surface area contributed by atoms with Gasteiger partial charge in [-0.3, -0.25) is 9.79 Å². The third-order valence-electron chi connectivity index (χ3n) is 5.70. The molecule has 1 aliphatic heterocycles. The van der Waals surface area contributed by atoms with Gasteiger partial charge in [-0.05, 0) is 44.7 Å². The van der Waals surface area contributed by atoms with Crippen LogP contribution in [0.4, 0.5) is 0 Å². The maximum atomic E-state index is 12.0. The molecule has 0 spiro atoms. The van der Waals surface area contributed by atoms with Gasteiger partial charge in [0, 0.05) is 50.4 Å². The van der Waals surface area contributed by atoms with Gasteiger partial charge in [-0.1, -0.05) is 36.4 Å². The highest BCUT2D eigenvalue weighted by molar-refractivity contribution is 5.80. The molecule has 1 saturated heterocycles. The maximum absolute atomic E-state index is 12.0. The third kappa shape index (κ3) is 7.24. The van der Waals surface area contributed by atoms with Crippen LogP contribution in [0.1, 0.15) is 37.4 Å². The lowest BCUT2D eigenvalue weighted by molar-refractivity contribution is 0.0907. The Kier molecular flexibility index (Phi) is 9.16. The van der Waals surface area contributed by atoms with E-state index >= 15 is 0 Å². The zero-order chi connectivity index (χ0) is 21.9. The van der Waals surface area contributed by atoms with Crippen LogP contribution in [0.3, 0.4) is 0 Å². The fourth-order valence-corrected chi connectivity index (χ4v) is 3.98. The second-order valence-electron chi connectivity index (χ2n) is 8.20. The Morgan fingerprint density at radius 1 is 1.16 bits per heavy atom. The zero-order valence-corrected chi connectivity index (χ0v) is 18.9. The number of unbranched alkanes of at least 4 members (excludes halogenated alkanes) is 1. The molecule has 6 heteroatoms. The van der Waals surface area contributed by atoms with E-state index in [2.05, 4.69) is 41.4 Å². The van der Waals surface area contributed by atoms with Crippen molar-refractivity contribution in [1.82, 2.24) is 14.8 Å². The van der Waals surface area contributed by atoms with Crippen LogP contribution in [0.25, 0.3) is 0 Å². The van der Waals surface area contributed by atoms with E-state index in [4.69, 9.17) is 9.73 Å². The first-order valence-electron chi connectivity index (χ1n) is 11.5. The van der Waals surface area contributed by atoms with Crippen molar-refractivity contribution in [3.05, 3.63) is 70.1 Å². The average Bonchev–Trinajstić information content (AvgIpc) is 3.24. The second kappa shape index (κ2) is 12.3. The molecule has 0 saturated carbocycles. The van der Waals surface area contributed by atoms with E-state index in [1.165, 1.54) is 5.56 Å². The fraction of sp³-hybridized carbons (Fsp3) is 0.520. The van der Waals surface area contributed by atoms with Gasteiger partial charge in [0.25, 0.3) is 5.56 Å². The van der Waals surface area contributed by atoms with Crippen molar-refractivity contribution in [1.29, 1.82) is 0 Å². The topological polar surface area (TPSA) is 58.9 Å². The first-order valence-corrected chi connectivity index (χ1v) is 11.5. The molecule has 0 aliphatic carbocycles. The highest BCUT2D eigenvalue weighted by Gasteiger charge is 2.24. The van der Waals surface area contributed by atoms with Gasteiger partial charge < -0.3 is 19.5 Å². The Balaban J connectivity index is 1.41. The standard InChI is InChI=1S/C25H36N4O2/c1-3-26-25(27-15-7-8-16-29-21(2)10-9-13-24(29)30)28-17-14-23(18-28)20-31-19-22-11-5-4-6-12-22/h4-6,9-13,23H,3,7-8,14-20H2,1-2H3,(H,26,27). The molecule has 1 aromatic heterocycles. The average molecular weight is 425 g/mol. The summed E-state index contributed by atoms with van der Waals surface area (Å²) in [5.41, 5.74) is 2.32. The fourth-order valence-electron chi connectivity index (χ4n) is 3.98. The number of pyridine rings is 1. The number of rotatable bonds is 10. The monoisotopic (exact) mass is 424 g/mol. The van der Waals surface area contributed by atoms with E-state index in [1.807, 2.05) is 29.7 Å². The molecule has 1 atom stereocenters. The molecule has 1 unspecified atom stereocenters. The number of nitrogens with one attached hydrogen (secondary N) is 1. The number of hydrogen-bond acceptors (Lipinski definition) is 3. The van der Waals surface area contributed by atoms with Crippen molar-refractivity contribution < 1.29 is 4.74 Å². The summed E-state index contributed by atoms with van der Waals surface area (Å²) in [6.07, 6.45) is 3.05. The summed E-state index contributed by atoms with van der Waals surface area (Å²) >= 11 is 0. The van der Waals surface area contributed by atoms with Gasteiger partial charge in [-0.25, -0.2) is 0 Å². The minimum atomic E-state index is 0.0782. The van der Waals surface area contributed by atoms with Crippen molar-refractivity contribution in [2.24, 2.45) is 10.9 Å². The SMILES string of the molecule is CCNC(=NCCCCn1c(C)cccc1=O)N1CCC(COCc2ccccc2)C1. The molecule has 0 bridgehead atoms. The van der Waals surface area contributed by atoms with Crippen LogP contribution in [0, 0.1) is 12.8 Å². The minimum Gasteiger partial charge on any atom is -0.376 e. The van der Waals surface area contributed by atoms with E-state index in [0.717, 1.165) is 70.2 Å². The summed E-state index contributed by atoms with van der Waals surface area (Å²) in [6, 6.07) is 15.8. The van der Waals surface area contributed by atoms with Gasteiger partial charge in [0.05, 0.1) is 13.2 Å². The van der Waals surface area contributed by atoms with Gasteiger partial charge in [0.1, 0.15) is 0 Å². The van der Waals surface area contributed by atoms with E-state index in [9.17, 15) is 4.79 Å². The third-order valence-corrected chi connectivity index (χ3v) is 5.70. The molecular formula is C25H36N4O2. The number of aliphatic imine (C=N–C) groups is 1. The smallest absolute Gasteiger partial charge is 0.250 e. The quantitative estimate of drug-likeness (QED) is 0.361. The molecule has 3 rings (SSSR count). The van der Waals surface area contributed by atoms with E-state index in [1.54, 1.807) is 6.07 Å². The number of benzene rings is 1. The van der Waals surface area contributed by atoms with Crippen LogP contribution in [-0.2, 0) is 17.9 Å². The van der Waals surface area contributed by atoms with Crippen LogP contribution in [0.2, 0.25) is 0 Å². The lowest BCUT2D eigenvalue weighted by atomic mass is 10.1. The molecule has 0 radical (unpaired) electrons. The Labute approximate surface area is 186 Å². The summed E-state index contributed by atoms with van der Waals surface area (Å²) < 4.78 is 7.79. The number of nitrogens with zero attached hydrogens (tertiary/aromatic N) is 3. The molecule has 1 aliphatic rings. The minimum absolute atomic E-state index is 0.0782. The van der Waals surface area contributed by atoms with Gasteiger partial charge in [0.2, 0.25) is 0 Å². The molecule has 31 heavy (non-hydrogen) atoms.